The smallest absolute Gasteiger partial charge is 0.160 e. The molecule has 4 rings (SSSR count). The van der Waals surface area contributed by atoms with Gasteiger partial charge in [-0.1, -0.05) is 30.3 Å². The molecule has 1 aliphatic rings. The molecule has 0 bridgehead atoms. The Hall–Kier alpha value is -2.47. The molecule has 1 saturated carbocycles. The van der Waals surface area contributed by atoms with Crippen LogP contribution >= 0.6 is 0 Å². The standard InChI is InChI=1S/C21H27N5O/c27-12-4-7-18(15-5-2-1-3-6-15)16-8-10-17(11-9-16)25-20-19-13-24-26-21(19)23-14-22-20/h1-3,5-6,13-14,16-18,27H,4,7-12H2,(H2,22,23,24,25,26). The van der Waals surface area contributed by atoms with Crippen LogP contribution in [0.4, 0.5) is 5.82 Å². The predicted octanol–water partition coefficient (Wildman–Crippen LogP) is 3.88. The molecule has 1 aromatic carbocycles. The van der Waals surface area contributed by atoms with Crippen molar-refractivity contribution >= 4 is 16.9 Å². The van der Waals surface area contributed by atoms with Gasteiger partial charge in [0.25, 0.3) is 0 Å². The Morgan fingerprint density at radius 3 is 2.70 bits per heavy atom. The van der Waals surface area contributed by atoms with Gasteiger partial charge in [-0.2, -0.15) is 5.10 Å². The van der Waals surface area contributed by atoms with Crippen LogP contribution in [0.3, 0.4) is 0 Å². The Bertz CT molecular complexity index is 842. The molecule has 0 radical (unpaired) electrons. The maximum absolute atomic E-state index is 9.31. The number of aromatic amines is 1. The van der Waals surface area contributed by atoms with Gasteiger partial charge < -0.3 is 10.4 Å². The quantitative estimate of drug-likeness (QED) is 0.591. The van der Waals surface area contributed by atoms with E-state index in [4.69, 9.17) is 0 Å². The lowest BCUT2D eigenvalue weighted by Crippen LogP contribution is -2.29. The van der Waals surface area contributed by atoms with Gasteiger partial charge in [0.1, 0.15) is 12.1 Å². The first-order valence-electron chi connectivity index (χ1n) is 9.91. The highest BCUT2D eigenvalue weighted by atomic mass is 16.2. The van der Waals surface area contributed by atoms with Crippen LogP contribution in [0.1, 0.15) is 50.0 Å². The van der Waals surface area contributed by atoms with E-state index < -0.39 is 0 Å². The van der Waals surface area contributed by atoms with Gasteiger partial charge >= 0.3 is 0 Å². The topological polar surface area (TPSA) is 86.7 Å². The van der Waals surface area contributed by atoms with E-state index in [1.807, 2.05) is 0 Å². The maximum Gasteiger partial charge on any atom is 0.160 e. The van der Waals surface area contributed by atoms with E-state index in [9.17, 15) is 5.11 Å². The van der Waals surface area contributed by atoms with Crippen molar-refractivity contribution in [2.24, 2.45) is 5.92 Å². The number of aromatic nitrogens is 4. The fraction of sp³-hybridized carbons (Fsp3) is 0.476. The maximum atomic E-state index is 9.31. The Morgan fingerprint density at radius 1 is 1.11 bits per heavy atom. The summed E-state index contributed by atoms with van der Waals surface area (Å²) in [5.41, 5.74) is 2.19. The van der Waals surface area contributed by atoms with E-state index in [2.05, 4.69) is 55.8 Å². The first kappa shape index (κ1) is 17.9. The second kappa shape index (κ2) is 8.48. The number of H-pyrrole nitrogens is 1. The minimum Gasteiger partial charge on any atom is -0.396 e. The molecule has 0 aliphatic heterocycles. The van der Waals surface area contributed by atoms with E-state index in [1.165, 1.54) is 18.4 Å². The number of hydrogen-bond donors (Lipinski definition) is 3. The summed E-state index contributed by atoms with van der Waals surface area (Å²) in [6, 6.07) is 11.2. The minimum absolute atomic E-state index is 0.272. The third kappa shape index (κ3) is 4.11. The molecule has 1 aliphatic carbocycles. The molecular weight excluding hydrogens is 338 g/mol. The largest absolute Gasteiger partial charge is 0.396 e. The molecule has 1 fully saturated rings. The van der Waals surface area contributed by atoms with Gasteiger partial charge in [-0.25, -0.2) is 9.97 Å². The van der Waals surface area contributed by atoms with Crippen LogP contribution in [0, 0.1) is 5.92 Å². The molecule has 2 aromatic heterocycles. The zero-order valence-corrected chi connectivity index (χ0v) is 15.5. The number of nitrogens with one attached hydrogen (secondary N) is 2. The number of anilines is 1. The van der Waals surface area contributed by atoms with Crippen molar-refractivity contribution in [1.82, 2.24) is 20.2 Å². The summed E-state index contributed by atoms with van der Waals surface area (Å²) in [4.78, 5) is 8.61. The molecule has 142 valence electrons. The lowest BCUT2D eigenvalue weighted by Gasteiger charge is -2.35. The summed E-state index contributed by atoms with van der Waals surface area (Å²) < 4.78 is 0. The number of nitrogens with zero attached hydrogens (tertiary/aromatic N) is 3. The highest BCUT2D eigenvalue weighted by molar-refractivity contribution is 5.85. The summed E-state index contributed by atoms with van der Waals surface area (Å²) >= 11 is 0. The summed E-state index contributed by atoms with van der Waals surface area (Å²) in [7, 11) is 0. The molecule has 1 atom stereocenters. The monoisotopic (exact) mass is 365 g/mol. The van der Waals surface area contributed by atoms with E-state index in [-0.39, 0.29) is 6.61 Å². The van der Waals surface area contributed by atoms with E-state index in [1.54, 1.807) is 12.5 Å². The molecule has 27 heavy (non-hydrogen) atoms. The lowest BCUT2D eigenvalue weighted by atomic mass is 9.73. The second-order valence-electron chi connectivity index (χ2n) is 7.49. The van der Waals surface area contributed by atoms with E-state index in [0.29, 0.717) is 17.9 Å². The molecule has 1 unspecified atom stereocenters. The van der Waals surface area contributed by atoms with Crippen molar-refractivity contribution in [3.63, 3.8) is 0 Å². The molecule has 6 heteroatoms. The summed E-state index contributed by atoms with van der Waals surface area (Å²) in [5.74, 6) is 2.09. The third-order valence-corrected chi connectivity index (χ3v) is 5.83. The van der Waals surface area contributed by atoms with Crippen molar-refractivity contribution in [2.75, 3.05) is 11.9 Å². The number of aliphatic hydroxyl groups is 1. The Kier molecular flexibility index (Phi) is 5.63. The van der Waals surface area contributed by atoms with Gasteiger partial charge in [0, 0.05) is 12.6 Å². The molecule has 0 saturated heterocycles. The van der Waals surface area contributed by atoms with Crippen LogP contribution in [0.2, 0.25) is 0 Å². The number of benzene rings is 1. The summed E-state index contributed by atoms with van der Waals surface area (Å²) in [6.45, 7) is 0.272. The summed E-state index contributed by atoms with van der Waals surface area (Å²) in [6.07, 6.45) is 9.96. The Morgan fingerprint density at radius 2 is 1.93 bits per heavy atom. The second-order valence-corrected chi connectivity index (χ2v) is 7.49. The first-order valence-corrected chi connectivity index (χ1v) is 9.91. The molecule has 0 amide bonds. The Labute approximate surface area is 159 Å². The first-order chi connectivity index (χ1) is 13.3. The van der Waals surface area contributed by atoms with E-state index >= 15 is 0 Å². The average Bonchev–Trinajstić information content (AvgIpc) is 3.20. The normalized spacial score (nSPS) is 21.2. The average molecular weight is 365 g/mol. The fourth-order valence-corrected chi connectivity index (χ4v) is 4.43. The van der Waals surface area contributed by atoms with Crippen LogP contribution in [0.15, 0.2) is 42.9 Å². The zero-order chi connectivity index (χ0) is 18.5. The van der Waals surface area contributed by atoms with Crippen LogP contribution in [-0.4, -0.2) is 37.9 Å². The Balaban J connectivity index is 1.40. The van der Waals surface area contributed by atoms with Gasteiger partial charge in [0.05, 0.1) is 11.6 Å². The summed E-state index contributed by atoms with van der Waals surface area (Å²) in [5, 5.41) is 20.8. The molecule has 3 aromatic rings. The number of rotatable bonds is 7. The van der Waals surface area contributed by atoms with Gasteiger partial charge in [-0.05, 0) is 55.9 Å². The van der Waals surface area contributed by atoms with Gasteiger partial charge in [-0.3, -0.25) is 5.10 Å². The van der Waals surface area contributed by atoms with Gasteiger partial charge in [0.15, 0.2) is 5.65 Å². The lowest BCUT2D eigenvalue weighted by molar-refractivity contribution is 0.244. The van der Waals surface area contributed by atoms with Gasteiger partial charge in [0.2, 0.25) is 0 Å². The molecule has 0 spiro atoms. The van der Waals surface area contributed by atoms with Crippen molar-refractivity contribution in [3.8, 4) is 0 Å². The number of aliphatic hydroxyl groups excluding tert-OH is 1. The molecule has 6 nitrogen and oxygen atoms in total. The van der Waals surface area contributed by atoms with Crippen molar-refractivity contribution < 1.29 is 5.11 Å². The van der Waals surface area contributed by atoms with Crippen molar-refractivity contribution in [2.45, 2.75) is 50.5 Å². The molecule has 2 heterocycles. The number of fused-ring (bicyclic) bond motifs is 1. The fourth-order valence-electron chi connectivity index (χ4n) is 4.43. The van der Waals surface area contributed by atoms with Crippen LogP contribution in [0.25, 0.3) is 11.0 Å². The van der Waals surface area contributed by atoms with Crippen molar-refractivity contribution in [3.05, 3.63) is 48.4 Å². The van der Waals surface area contributed by atoms with Gasteiger partial charge in [-0.15, -0.1) is 0 Å². The highest BCUT2D eigenvalue weighted by Gasteiger charge is 2.28. The molecular formula is C21H27N5O. The number of hydrogen-bond acceptors (Lipinski definition) is 5. The zero-order valence-electron chi connectivity index (χ0n) is 15.5. The van der Waals surface area contributed by atoms with Crippen LogP contribution < -0.4 is 5.32 Å². The SMILES string of the molecule is OCCCC(c1ccccc1)C1CCC(Nc2ncnc3[nH]ncc23)CC1. The highest BCUT2D eigenvalue weighted by Crippen LogP contribution is 2.39. The van der Waals surface area contributed by atoms with Crippen LogP contribution in [-0.2, 0) is 0 Å². The third-order valence-electron chi connectivity index (χ3n) is 5.83. The van der Waals surface area contributed by atoms with Crippen molar-refractivity contribution in [1.29, 1.82) is 0 Å². The van der Waals surface area contributed by atoms with Crippen LogP contribution in [0.5, 0.6) is 0 Å². The predicted molar refractivity (Wildman–Crippen MR) is 107 cm³/mol. The minimum atomic E-state index is 0.272. The molecule has 3 N–H and O–H groups in total. The van der Waals surface area contributed by atoms with E-state index in [0.717, 1.165) is 42.5 Å².